The van der Waals surface area contributed by atoms with E-state index in [0.717, 1.165) is 28.0 Å². The number of hydrogen-bond acceptors (Lipinski definition) is 3. The summed E-state index contributed by atoms with van der Waals surface area (Å²) >= 11 is 13.9. The van der Waals surface area contributed by atoms with E-state index in [4.69, 9.17) is 27.9 Å². The number of benzene rings is 2. The van der Waals surface area contributed by atoms with Crippen LogP contribution in [0.1, 0.15) is 55.0 Å². The molecule has 3 nitrogen and oxygen atoms in total. The van der Waals surface area contributed by atoms with Gasteiger partial charge in [-0.1, -0.05) is 43.1 Å². The van der Waals surface area contributed by atoms with Crippen molar-refractivity contribution in [1.82, 2.24) is 5.32 Å². The SMILES string of the molecule is COc1cc(C)c(C(C)NC(=O)CSCc2c(Cl)cccc2Cl)cc1C(C)C. The Morgan fingerprint density at radius 3 is 2.36 bits per heavy atom. The van der Waals surface area contributed by atoms with Crippen LogP contribution in [-0.2, 0) is 10.5 Å². The highest BCUT2D eigenvalue weighted by Gasteiger charge is 2.17. The minimum Gasteiger partial charge on any atom is -0.496 e. The van der Waals surface area contributed by atoms with Crippen LogP contribution in [0.4, 0.5) is 0 Å². The highest BCUT2D eigenvalue weighted by molar-refractivity contribution is 7.99. The van der Waals surface area contributed by atoms with Crippen molar-refractivity contribution >= 4 is 40.9 Å². The van der Waals surface area contributed by atoms with E-state index in [9.17, 15) is 4.79 Å². The minimum absolute atomic E-state index is 0.0120. The molecule has 0 saturated carbocycles. The smallest absolute Gasteiger partial charge is 0.230 e. The largest absolute Gasteiger partial charge is 0.496 e. The van der Waals surface area contributed by atoms with Gasteiger partial charge in [0.2, 0.25) is 5.91 Å². The Morgan fingerprint density at radius 2 is 1.79 bits per heavy atom. The van der Waals surface area contributed by atoms with E-state index in [0.29, 0.717) is 27.5 Å². The van der Waals surface area contributed by atoms with Crippen LogP contribution >= 0.6 is 35.0 Å². The molecule has 1 amide bonds. The number of methoxy groups -OCH3 is 1. The zero-order valence-corrected chi connectivity index (χ0v) is 19.3. The quantitative estimate of drug-likeness (QED) is 0.506. The van der Waals surface area contributed by atoms with Crippen molar-refractivity contribution < 1.29 is 9.53 Å². The first-order chi connectivity index (χ1) is 13.2. The molecule has 0 heterocycles. The number of halogens is 2. The predicted octanol–water partition coefficient (Wildman–Crippen LogP) is 6.54. The summed E-state index contributed by atoms with van der Waals surface area (Å²) in [5.74, 6) is 2.16. The molecule has 1 atom stereocenters. The first kappa shape index (κ1) is 22.9. The van der Waals surface area contributed by atoms with Crippen LogP contribution < -0.4 is 10.1 Å². The number of carbonyl (C=O) groups is 1. The third kappa shape index (κ3) is 5.82. The third-order valence-corrected chi connectivity index (χ3v) is 6.29. The van der Waals surface area contributed by atoms with E-state index in [2.05, 4.69) is 25.2 Å². The molecule has 0 aliphatic rings. The van der Waals surface area contributed by atoms with Crippen molar-refractivity contribution in [3.63, 3.8) is 0 Å². The number of amides is 1. The Morgan fingerprint density at radius 1 is 1.14 bits per heavy atom. The second-order valence-corrected chi connectivity index (χ2v) is 8.89. The molecule has 6 heteroatoms. The first-order valence-electron chi connectivity index (χ1n) is 9.23. The lowest BCUT2D eigenvalue weighted by molar-refractivity contribution is -0.119. The van der Waals surface area contributed by atoms with E-state index in [-0.39, 0.29) is 11.9 Å². The zero-order valence-electron chi connectivity index (χ0n) is 16.9. The van der Waals surface area contributed by atoms with Gasteiger partial charge < -0.3 is 10.1 Å². The molecule has 1 N–H and O–H groups in total. The van der Waals surface area contributed by atoms with Crippen molar-refractivity contribution in [2.45, 2.75) is 45.4 Å². The Labute approximate surface area is 182 Å². The fourth-order valence-electron chi connectivity index (χ4n) is 3.09. The molecule has 0 spiro atoms. The highest BCUT2D eigenvalue weighted by atomic mass is 35.5. The highest BCUT2D eigenvalue weighted by Crippen LogP contribution is 2.32. The number of hydrogen-bond donors (Lipinski definition) is 1. The molecular formula is C22H27Cl2NO2S. The van der Waals surface area contributed by atoms with Crippen molar-refractivity contribution in [1.29, 1.82) is 0 Å². The summed E-state index contributed by atoms with van der Waals surface area (Å²) in [5.41, 5.74) is 4.22. The maximum absolute atomic E-state index is 12.4. The van der Waals surface area contributed by atoms with Gasteiger partial charge in [0, 0.05) is 15.8 Å². The van der Waals surface area contributed by atoms with Gasteiger partial charge in [0.05, 0.1) is 18.9 Å². The van der Waals surface area contributed by atoms with Crippen molar-refractivity contribution in [2.75, 3.05) is 12.9 Å². The van der Waals surface area contributed by atoms with Gasteiger partial charge in [0.1, 0.15) is 5.75 Å². The van der Waals surface area contributed by atoms with E-state index in [1.165, 1.54) is 11.8 Å². The summed E-state index contributed by atoms with van der Waals surface area (Å²) < 4.78 is 5.51. The molecule has 2 aromatic rings. The van der Waals surface area contributed by atoms with Gasteiger partial charge in [-0.25, -0.2) is 0 Å². The molecule has 0 aliphatic heterocycles. The van der Waals surface area contributed by atoms with Gasteiger partial charge in [-0.3, -0.25) is 4.79 Å². The average Bonchev–Trinajstić information content (AvgIpc) is 2.63. The number of rotatable bonds is 8. The van der Waals surface area contributed by atoms with E-state index in [1.807, 2.05) is 38.1 Å². The molecule has 0 fully saturated rings. The van der Waals surface area contributed by atoms with Crippen LogP contribution in [0, 0.1) is 6.92 Å². The molecule has 0 radical (unpaired) electrons. The van der Waals surface area contributed by atoms with Gasteiger partial charge in [-0.05, 0) is 66.3 Å². The third-order valence-electron chi connectivity index (χ3n) is 4.63. The second-order valence-electron chi connectivity index (χ2n) is 7.09. The van der Waals surface area contributed by atoms with Crippen LogP contribution in [0.25, 0.3) is 0 Å². The lowest BCUT2D eigenvalue weighted by atomic mass is 9.93. The van der Waals surface area contributed by atoms with Crippen LogP contribution in [0.5, 0.6) is 5.75 Å². The predicted molar refractivity (Wildman–Crippen MR) is 121 cm³/mol. The first-order valence-corrected chi connectivity index (χ1v) is 11.1. The molecule has 28 heavy (non-hydrogen) atoms. The molecule has 0 saturated heterocycles. The standard InChI is InChI=1S/C22H27Cl2NO2S/c1-13(2)16-10-17(14(3)9-21(16)27-5)15(4)25-22(26)12-28-11-18-19(23)7-6-8-20(18)24/h6-10,13,15H,11-12H2,1-5H3,(H,25,26). The number of thioether (sulfide) groups is 1. The fraction of sp³-hybridized carbons (Fsp3) is 0.409. The van der Waals surface area contributed by atoms with Gasteiger partial charge >= 0.3 is 0 Å². The molecular weight excluding hydrogens is 413 g/mol. The van der Waals surface area contributed by atoms with Crippen molar-refractivity contribution in [3.8, 4) is 5.75 Å². The number of carbonyl (C=O) groups excluding carboxylic acids is 1. The lowest BCUT2D eigenvalue weighted by Crippen LogP contribution is -2.28. The van der Waals surface area contributed by atoms with Crippen LogP contribution in [0.15, 0.2) is 30.3 Å². The van der Waals surface area contributed by atoms with Gasteiger partial charge in [-0.2, -0.15) is 0 Å². The molecule has 2 rings (SSSR count). The Hall–Kier alpha value is -1.36. The molecule has 152 valence electrons. The van der Waals surface area contributed by atoms with Crippen LogP contribution in [0.3, 0.4) is 0 Å². The summed E-state index contributed by atoms with van der Waals surface area (Å²) in [4.78, 5) is 12.4. The summed E-state index contributed by atoms with van der Waals surface area (Å²) in [6, 6.07) is 9.53. The Kier molecular flexibility index (Phi) is 8.54. The number of ether oxygens (including phenoxy) is 1. The second kappa shape index (κ2) is 10.4. The van der Waals surface area contributed by atoms with E-state index >= 15 is 0 Å². The van der Waals surface area contributed by atoms with Gasteiger partial charge in [0.25, 0.3) is 0 Å². The van der Waals surface area contributed by atoms with E-state index in [1.54, 1.807) is 7.11 Å². The Bertz CT molecular complexity index is 819. The zero-order chi connectivity index (χ0) is 20.8. The summed E-state index contributed by atoms with van der Waals surface area (Å²) in [5, 5.41) is 4.35. The molecule has 1 unspecified atom stereocenters. The van der Waals surface area contributed by atoms with Crippen molar-refractivity contribution in [2.24, 2.45) is 0 Å². The maximum atomic E-state index is 12.4. The number of nitrogens with one attached hydrogen (secondary N) is 1. The van der Waals surface area contributed by atoms with Crippen molar-refractivity contribution in [3.05, 3.63) is 62.6 Å². The minimum atomic E-state index is -0.0830. The summed E-state index contributed by atoms with van der Waals surface area (Å²) in [6.07, 6.45) is 0. The van der Waals surface area contributed by atoms with Gasteiger partial charge in [0.15, 0.2) is 0 Å². The fourth-order valence-corrected chi connectivity index (χ4v) is 4.66. The van der Waals surface area contributed by atoms with Crippen LogP contribution in [0.2, 0.25) is 10.0 Å². The summed E-state index contributed by atoms with van der Waals surface area (Å²) in [6.45, 7) is 8.32. The normalized spacial score (nSPS) is 12.1. The molecule has 0 bridgehead atoms. The lowest BCUT2D eigenvalue weighted by Gasteiger charge is -2.21. The Balaban J connectivity index is 1.99. The van der Waals surface area contributed by atoms with E-state index < -0.39 is 0 Å². The number of aryl methyl sites for hydroxylation is 1. The van der Waals surface area contributed by atoms with Crippen LogP contribution in [-0.4, -0.2) is 18.8 Å². The molecule has 0 aromatic heterocycles. The summed E-state index contributed by atoms with van der Waals surface area (Å²) in [7, 11) is 1.69. The molecule has 2 aromatic carbocycles. The topological polar surface area (TPSA) is 38.3 Å². The monoisotopic (exact) mass is 439 g/mol. The maximum Gasteiger partial charge on any atom is 0.230 e. The van der Waals surface area contributed by atoms with Gasteiger partial charge in [-0.15, -0.1) is 11.8 Å². The average molecular weight is 440 g/mol. The molecule has 0 aliphatic carbocycles.